The summed E-state index contributed by atoms with van der Waals surface area (Å²) in [6.45, 7) is 4.85. The summed E-state index contributed by atoms with van der Waals surface area (Å²) in [6.07, 6.45) is 2.58. The number of likely N-dealkylation sites (N-methyl/N-ethyl adjacent to an activating group) is 1. The van der Waals surface area contributed by atoms with Crippen LogP contribution in [0.2, 0.25) is 0 Å². The molecule has 0 bridgehead atoms. The predicted molar refractivity (Wildman–Crippen MR) is 71.1 cm³/mol. The maximum atomic E-state index is 13.5. The molecule has 2 atom stereocenters. The molecule has 1 aliphatic carbocycles. The average molecular weight is 251 g/mol. The number of nitrogens with one attached hydrogen (secondary N) is 1. The first-order valence-electron chi connectivity index (χ1n) is 6.69. The lowest BCUT2D eigenvalue weighted by Gasteiger charge is -2.27. The second-order valence-corrected chi connectivity index (χ2v) is 5.14. The van der Waals surface area contributed by atoms with Gasteiger partial charge in [0.15, 0.2) is 0 Å². The van der Waals surface area contributed by atoms with E-state index in [1.165, 1.54) is 12.8 Å². The molecule has 0 aliphatic heterocycles. The molecule has 0 heterocycles. The quantitative estimate of drug-likeness (QED) is 0.838. The van der Waals surface area contributed by atoms with Gasteiger partial charge in [0.25, 0.3) is 0 Å². The fourth-order valence-corrected chi connectivity index (χ4v) is 2.61. The highest BCUT2D eigenvalue weighted by Gasteiger charge is 2.37. The topological polar surface area (TPSA) is 21.3 Å². The molecule has 0 radical (unpaired) electrons. The Kier molecular flexibility index (Phi) is 4.36. The molecule has 1 N–H and O–H groups in total. The molecule has 1 fully saturated rings. The molecule has 0 amide bonds. The summed E-state index contributed by atoms with van der Waals surface area (Å²) in [5.74, 6) is 0.446. The molecule has 1 aliphatic rings. The van der Waals surface area contributed by atoms with Crippen molar-refractivity contribution in [2.75, 3.05) is 13.7 Å². The minimum atomic E-state index is -0.168. The fourth-order valence-electron chi connectivity index (χ4n) is 2.61. The van der Waals surface area contributed by atoms with Gasteiger partial charge in [0.1, 0.15) is 5.82 Å². The zero-order valence-electron chi connectivity index (χ0n) is 11.4. The Labute approximate surface area is 109 Å². The minimum absolute atomic E-state index is 0.0851. The van der Waals surface area contributed by atoms with E-state index in [4.69, 9.17) is 4.74 Å². The van der Waals surface area contributed by atoms with E-state index in [-0.39, 0.29) is 18.0 Å². The molecule has 100 valence electrons. The number of benzene rings is 1. The van der Waals surface area contributed by atoms with E-state index >= 15 is 0 Å². The van der Waals surface area contributed by atoms with E-state index in [0.29, 0.717) is 5.92 Å². The van der Waals surface area contributed by atoms with Gasteiger partial charge >= 0.3 is 0 Å². The van der Waals surface area contributed by atoms with E-state index in [1.807, 2.05) is 13.0 Å². The molecule has 1 aromatic rings. The van der Waals surface area contributed by atoms with Gasteiger partial charge in [0, 0.05) is 7.11 Å². The van der Waals surface area contributed by atoms with Gasteiger partial charge in [-0.2, -0.15) is 0 Å². The third-order valence-corrected chi connectivity index (χ3v) is 3.53. The van der Waals surface area contributed by atoms with Gasteiger partial charge in [-0.1, -0.05) is 13.0 Å². The maximum Gasteiger partial charge on any atom is 0.123 e. The number of aryl methyl sites for hydroxylation is 1. The van der Waals surface area contributed by atoms with Gasteiger partial charge in [-0.15, -0.1) is 0 Å². The normalized spacial score (nSPS) is 18.7. The van der Waals surface area contributed by atoms with Crippen molar-refractivity contribution < 1.29 is 9.13 Å². The number of hydrogen-bond donors (Lipinski definition) is 1. The lowest BCUT2D eigenvalue weighted by Crippen LogP contribution is -2.34. The van der Waals surface area contributed by atoms with Crippen molar-refractivity contribution in [3.63, 3.8) is 0 Å². The molecule has 0 spiro atoms. The lowest BCUT2D eigenvalue weighted by molar-refractivity contribution is 0.0511. The molecule has 1 saturated carbocycles. The smallest absolute Gasteiger partial charge is 0.123 e. The largest absolute Gasteiger partial charge is 0.379 e. The molecule has 1 aromatic carbocycles. The zero-order valence-corrected chi connectivity index (χ0v) is 11.4. The number of ether oxygens (including phenoxy) is 1. The van der Waals surface area contributed by atoms with Crippen molar-refractivity contribution in [1.82, 2.24) is 5.32 Å². The van der Waals surface area contributed by atoms with Crippen molar-refractivity contribution in [1.29, 1.82) is 0 Å². The van der Waals surface area contributed by atoms with Crippen LogP contribution in [-0.2, 0) is 4.74 Å². The average Bonchev–Trinajstić information content (AvgIpc) is 3.12. The van der Waals surface area contributed by atoms with Crippen LogP contribution in [0.15, 0.2) is 18.2 Å². The van der Waals surface area contributed by atoms with Crippen LogP contribution in [0.25, 0.3) is 0 Å². The van der Waals surface area contributed by atoms with Crippen LogP contribution in [0.1, 0.15) is 36.9 Å². The third-order valence-electron chi connectivity index (χ3n) is 3.53. The minimum Gasteiger partial charge on any atom is -0.379 e. The van der Waals surface area contributed by atoms with E-state index in [9.17, 15) is 4.39 Å². The molecule has 2 rings (SSSR count). The van der Waals surface area contributed by atoms with Gasteiger partial charge in [0.05, 0.1) is 12.1 Å². The second kappa shape index (κ2) is 5.81. The predicted octanol–water partition coefficient (Wildman–Crippen LogP) is 3.21. The van der Waals surface area contributed by atoms with E-state index in [2.05, 4.69) is 12.2 Å². The Morgan fingerprint density at radius 2 is 2.11 bits per heavy atom. The third kappa shape index (κ3) is 3.09. The summed E-state index contributed by atoms with van der Waals surface area (Å²) in [6, 6.07) is 5.31. The molecule has 2 nitrogen and oxygen atoms in total. The number of rotatable bonds is 6. The first-order valence-corrected chi connectivity index (χ1v) is 6.69. The SMILES string of the molecule is CCNC(c1cc(C)cc(F)c1)C(OC)C1CC1. The van der Waals surface area contributed by atoms with Gasteiger partial charge < -0.3 is 10.1 Å². The summed E-state index contributed by atoms with van der Waals surface area (Å²) >= 11 is 0. The van der Waals surface area contributed by atoms with Crippen LogP contribution in [0.5, 0.6) is 0 Å². The Balaban J connectivity index is 2.27. The van der Waals surface area contributed by atoms with Crippen LogP contribution in [0, 0.1) is 18.7 Å². The van der Waals surface area contributed by atoms with Crippen molar-refractivity contribution in [2.45, 2.75) is 38.8 Å². The Morgan fingerprint density at radius 1 is 1.39 bits per heavy atom. The highest BCUT2D eigenvalue weighted by Crippen LogP contribution is 2.40. The maximum absolute atomic E-state index is 13.5. The number of methoxy groups -OCH3 is 1. The monoisotopic (exact) mass is 251 g/mol. The summed E-state index contributed by atoms with van der Waals surface area (Å²) in [5.41, 5.74) is 1.95. The Hall–Kier alpha value is -0.930. The highest BCUT2D eigenvalue weighted by atomic mass is 19.1. The Morgan fingerprint density at radius 3 is 2.61 bits per heavy atom. The number of hydrogen-bond acceptors (Lipinski definition) is 2. The molecule has 2 unspecified atom stereocenters. The second-order valence-electron chi connectivity index (χ2n) is 5.14. The molecular weight excluding hydrogens is 229 g/mol. The first-order chi connectivity index (χ1) is 8.65. The van der Waals surface area contributed by atoms with Gasteiger partial charge in [-0.3, -0.25) is 0 Å². The van der Waals surface area contributed by atoms with Gasteiger partial charge in [-0.05, 0) is 55.5 Å². The van der Waals surface area contributed by atoms with Gasteiger partial charge in [0.2, 0.25) is 0 Å². The molecule has 0 aromatic heterocycles. The van der Waals surface area contributed by atoms with E-state index < -0.39 is 0 Å². The first kappa shape index (κ1) is 13.5. The van der Waals surface area contributed by atoms with Crippen LogP contribution in [-0.4, -0.2) is 19.8 Å². The van der Waals surface area contributed by atoms with Crippen LogP contribution < -0.4 is 5.32 Å². The van der Waals surface area contributed by atoms with Crippen LogP contribution in [0.3, 0.4) is 0 Å². The molecule has 0 saturated heterocycles. The number of halogens is 1. The van der Waals surface area contributed by atoms with Crippen molar-refractivity contribution >= 4 is 0 Å². The molecular formula is C15H22FNO. The summed E-state index contributed by atoms with van der Waals surface area (Å²) in [5, 5.41) is 3.43. The summed E-state index contributed by atoms with van der Waals surface area (Å²) in [7, 11) is 1.75. The summed E-state index contributed by atoms with van der Waals surface area (Å²) < 4.78 is 19.2. The fraction of sp³-hybridized carbons (Fsp3) is 0.600. The van der Waals surface area contributed by atoms with Crippen LogP contribution >= 0.6 is 0 Å². The Bertz CT molecular complexity index is 383. The zero-order chi connectivity index (χ0) is 13.1. The van der Waals surface area contributed by atoms with Crippen molar-refractivity contribution in [3.05, 3.63) is 35.1 Å². The summed E-state index contributed by atoms with van der Waals surface area (Å²) in [4.78, 5) is 0. The lowest BCUT2D eigenvalue weighted by atomic mass is 9.96. The van der Waals surface area contributed by atoms with E-state index in [1.54, 1.807) is 19.2 Å². The van der Waals surface area contributed by atoms with Crippen molar-refractivity contribution in [3.8, 4) is 0 Å². The standard InChI is InChI=1S/C15H22FNO/c1-4-17-14(15(18-3)11-5-6-11)12-7-10(2)8-13(16)9-12/h7-9,11,14-15,17H,4-6H2,1-3H3. The van der Waals surface area contributed by atoms with Gasteiger partial charge in [-0.25, -0.2) is 4.39 Å². The van der Waals surface area contributed by atoms with E-state index in [0.717, 1.165) is 17.7 Å². The molecule has 18 heavy (non-hydrogen) atoms. The highest BCUT2D eigenvalue weighted by molar-refractivity contribution is 5.27. The molecule has 3 heteroatoms. The van der Waals surface area contributed by atoms with Crippen LogP contribution in [0.4, 0.5) is 4.39 Å². The van der Waals surface area contributed by atoms with Crippen molar-refractivity contribution in [2.24, 2.45) is 5.92 Å².